The van der Waals surface area contributed by atoms with Crippen LogP contribution in [-0.2, 0) is 19.5 Å². The summed E-state index contributed by atoms with van der Waals surface area (Å²) in [4.78, 5) is 24.4. The first-order valence-electron chi connectivity index (χ1n) is 12.0. The van der Waals surface area contributed by atoms with Crippen molar-refractivity contribution in [2.45, 2.75) is 26.4 Å². The molecular weight excluding hydrogens is 462 g/mol. The van der Waals surface area contributed by atoms with Crippen molar-refractivity contribution in [3.05, 3.63) is 119 Å². The highest BCUT2D eigenvalue weighted by Gasteiger charge is 2.21. The monoisotopic (exact) mass is 487 g/mol. The van der Waals surface area contributed by atoms with Crippen LogP contribution in [0.3, 0.4) is 0 Å². The molecule has 8 nitrogen and oxygen atoms in total. The molecule has 0 atom stereocenters. The van der Waals surface area contributed by atoms with Crippen LogP contribution in [-0.4, -0.2) is 42.1 Å². The highest BCUT2D eigenvalue weighted by molar-refractivity contribution is 5.93. The molecule has 1 amide bonds. The van der Waals surface area contributed by atoms with E-state index in [0.29, 0.717) is 42.1 Å². The number of aryl methyl sites for hydroxylation is 1. The van der Waals surface area contributed by atoms with E-state index in [4.69, 9.17) is 5.26 Å². The van der Waals surface area contributed by atoms with Crippen LogP contribution >= 0.6 is 0 Å². The zero-order valence-corrected chi connectivity index (χ0v) is 20.5. The number of hydrogen-bond acceptors (Lipinski definition) is 6. The topological polar surface area (TPSA) is 101 Å². The summed E-state index contributed by atoms with van der Waals surface area (Å²) in [6.45, 7) is 3.35. The molecule has 2 heterocycles. The van der Waals surface area contributed by atoms with Crippen molar-refractivity contribution in [1.29, 1.82) is 5.26 Å². The molecule has 0 N–H and O–H groups in total. The third kappa shape index (κ3) is 5.68. The van der Waals surface area contributed by atoms with Crippen LogP contribution in [0.2, 0.25) is 0 Å². The quantitative estimate of drug-likeness (QED) is 0.323. The minimum absolute atomic E-state index is 0.210. The number of amides is 1. The van der Waals surface area contributed by atoms with Gasteiger partial charge in [0, 0.05) is 6.54 Å². The number of hydrogen-bond donors (Lipinski definition) is 0. The molecule has 0 saturated carbocycles. The van der Waals surface area contributed by atoms with Gasteiger partial charge in [-0.05, 0) is 48.7 Å². The van der Waals surface area contributed by atoms with Crippen molar-refractivity contribution < 1.29 is 4.79 Å². The Morgan fingerprint density at radius 1 is 0.973 bits per heavy atom. The molecule has 0 unspecified atom stereocenters. The van der Waals surface area contributed by atoms with Crippen molar-refractivity contribution in [3.8, 4) is 6.07 Å². The van der Waals surface area contributed by atoms with Crippen LogP contribution in [0.25, 0.3) is 11.0 Å². The molecule has 2 aromatic heterocycles. The fourth-order valence-electron chi connectivity index (χ4n) is 4.08. The van der Waals surface area contributed by atoms with E-state index < -0.39 is 0 Å². The number of benzene rings is 3. The van der Waals surface area contributed by atoms with Gasteiger partial charge in [0.15, 0.2) is 5.82 Å². The van der Waals surface area contributed by atoms with E-state index in [1.54, 1.807) is 23.4 Å². The molecule has 0 aliphatic carbocycles. The molecular formula is C29H25N7O. The average Bonchev–Trinajstić information content (AvgIpc) is 3.38. The van der Waals surface area contributed by atoms with Gasteiger partial charge >= 0.3 is 0 Å². The van der Waals surface area contributed by atoms with E-state index >= 15 is 0 Å². The number of nitrogens with zero attached hydrogens (tertiary/aromatic N) is 7. The Labute approximate surface area is 214 Å². The molecule has 5 aromatic rings. The fourth-order valence-corrected chi connectivity index (χ4v) is 4.08. The molecule has 3 aromatic carbocycles. The predicted molar refractivity (Wildman–Crippen MR) is 139 cm³/mol. The van der Waals surface area contributed by atoms with Gasteiger partial charge in [-0.25, -0.2) is 4.98 Å². The number of carbonyl (C=O) groups is 1. The Bertz CT molecular complexity index is 1570. The second kappa shape index (κ2) is 10.8. The van der Waals surface area contributed by atoms with Crippen molar-refractivity contribution in [2.24, 2.45) is 0 Å². The Balaban J connectivity index is 1.40. The number of aromatic nitrogens is 5. The number of rotatable bonds is 8. The van der Waals surface area contributed by atoms with Gasteiger partial charge in [0.05, 0.1) is 42.0 Å². The summed E-state index contributed by atoms with van der Waals surface area (Å²) in [5.41, 5.74) is 5.67. The van der Waals surface area contributed by atoms with Crippen LogP contribution in [0.1, 0.15) is 38.6 Å². The second-order valence-corrected chi connectivity index (χ2v) is 8.89. The van der Waals surface area contributed by atoms with Crippen molar-refractivity contribution in [1.82, 2.24) is 29.6 Å². The molecule has 37 heavy (non-hydrogen) atoms. The normalized spacial score (nSPS) is 10.8. The van der Waals surface area contributed by atoms with E-state index in [-0.39, 0.29) is 12.5 Å². The molecule has 5 rings (SSSR count). The number of nitriles is 1. The van der Waals surface area contributed by atoms with Gasteiger partial charge in [-0.2, -0.15) is 5.26 Å². The van der Waals surface area contributed by atoms with E-state index in [1.807, 2.05) is 41.0 Å². The van der Waals surface area contributed by atoms with Crippen LogP contribution in [0.5, 0.6) is 0 Å². The summed E-state index contributed by atoms with van der Waals surface area (Å²) >= 11 is 0. The minimum Gasteiger partial charge on any atom is -0.329 e. The summed E-state index contributed by atoms with van der Waals surface area (Å²) in [6.07, 6.45) is 3.88. The van der Waals surface area contributed by atoms with Gasteiger partial charge in [0.1, 0.15) is 12.0 Å². The van der Waals surface area contributed by atoms with Crippen molar-refractivity contribution in [2.75, 3.05) is 6.54 Å². The fraction of sp³-hybridized carbons (Fsp3) is 0.172. The Hall–Kier alpha value is -4.90. The van der Waals surface area contributed by atoms with Crippen molar-refractivity contribution in [3.63, 3.8) is 0 Å². The van der Waals surface area contributed by atoms with Gasteiger partial charge in [-0.1, -0.05) is 54.1 Å². The van der Waals surface area contributed by atoms with E-state index in [0.717, 1.165) is 16.6 Å². The summed E-state index contributed by atoms with van der Waals surface area (Å²) in [5.74, 6) is 0.452. The second-order valence-electron chi connectivity index (χ2n) is 8.89. The Kier molecular flexibility index (Phi) is 6.95. The highest BCUT2D eigenvalue weighted by Crippen LogP contribution is 2.15. The van der Waals surface area contributed by atoms with E-state index in [9.17, 15) is 4.79 Å². The summed E-state index contributed by atoms with van der Waals surface area (Å²) in [7, 11) is 0. The summed E-state index contributed by atoms with van der Waals surface area (Å²) < 4.78 is 1.92. The zero-order chi connectivity index (χ0) is 25.6. The standard InChI is InChI=1S/C29H25N7O/c1-21-6-8-22(9-7-21)14-15-35(29(37)27-17-31-25-4-2-3-5-26(25)33-27)19-28-34-32-20-36(28)18-24-12-10-23(16-30)11-13-24/h2-13,17,20H,14-15,18-19H2,1H3. The maximum Gasteiger partial charge on any atom is 0.274 e. The number of fused-ring (bicyclic) bond motifs is 1. The van der Waals surface area contributed by atoms with Crippen LogP contribution < -0.4 is 0 Å². The average molecular weight is 488 g/mol. The first-order valence-corrected chi connectivity index (χ1v) is 12.0. The summed E-state index contributed by atoms with van der Waals surface area (Å²) in [5, 5.41) is 17.5. The molecule has 182 valence electrons. The summed E-state index contributed by atoms with van der Waals surface area (Å²) in [6, 6.07) is 25.3. The van der Waals surface area contributed by atoms with Gasteiger partial charge < -0.3 is 9.47 Å². The molecule has 0 aliphatic rings. The molecule has 0 saturated heterocycles. The van der Waals surface area contributed by atoms with E-state index in [2.05, 4.69) is 57.4 Å². The van der Waals surface area contributed by atoms with Gasteiger partial charge in [-0.3, -0.25) is 9.78 Å². The highest BCUT2D eigenvalue weighted by atomic mass is 16.2. The number of para-hydroxylation sites is 2. The lowest BCUT2D eigenvalue weighted by atomic mass is 10.1. The van der Waals surface area contributed by atoms with Crippen LogP contribution in [0.15, 0.2) is 85.3 Å². The molecule has 0 radical (unpaired) electrons. The zero-order valence-electron chi connectivity index (χ0n) is 20.5. The van der Waals surface area contributed by atoms with Gasteiger partial charge in [-0.15, -0.1) is 10.2 Å². The SMILES string of the molecule is Cc1ccc(CCN(Cc2nncn2Cc2ccc(C#N)cc2)C(=O)c2cnc3ccccc3n2)cc1. The molecule has 8 heteroatoms. The third-order valence-electron chi connectivity index (χ3n) is 6.21. The minimum atomic E-state index is -0.210. The predicted octanol–water partition coefficient (Wildman–Crippen LogP) is 4.33. The molecule has 0 bridgehead atoms. The maximum absolute atomic E-state index is 13.7. The smallest absolute Gasteiger partial charge is 0.274 e. The lowest BCUT2D eigenvalue weighted by Crippen LogP contribution is -2.34. The Morgan fingerprint density at radius 2 is 1.70 bits per heavy atom. The largest absolute Gasteiger partial charge is 0.329 e. The maximum atomic E-state index is 13.7. The van der Waals surface area contributed by atoms with Gasteiger partial charge in [0.2, 0.25) is 0 Å². The van der Waals surface area contributed by atoms with Crippen LogP contribution in [0.4, 0.5) is 0 Å². The Morgan fingerprint density at radius 3 is 2.46 bits per heavy atom. The molecule has 0 fully saturated rings. The number of carbonyl (C=O) groups excluding carboxylic acids is 1. The van der Waals surface area contributed by atoms with E-state index in [1.165, 1.54) is 11.8 Å². The molecule has 0 aliphatic heterocycles. The third-order valence-corrected chi connectivity index (χ3v) is 6.21. The molecule has 0 spiro atoms. The lowest BCUT2D eigenvalue weighted by molar-refractivity contribution is 0.0733. The van der Waals surface area contributed by atoms with Crippen LogP contribution in [0, 0.1) is 18.3 Å². The van der Waals surface area contributed by atoms with Gasteiger partial charge in [0.25, 0.3) is 5.91 Å². The van der Waals surface area contributed by atoms with Crippen molar-refractivity contribution >= 4 is 16.9 Å². The first-order chi connectivity index (χ1) is 18.1. The lowest BCUT2D eigenvalue weighted by Gasteiger charge is -2.22. The first kappa shape index (κ1) is 23.8.